The summed E-state index contributed by atoms with van der Waals surface area (Å²) >= 11 is 1.69. The van der Waals surface area contributed by atoms with Crippen molar-refractivity contribution in [2.24, 2.45) is 4.99 Å². The van der Waals surface area contributed by atoms with Crippen LogP contribution in [0.2, 0.25) is 0 Å². The summed E-state index contributed by atoms with van der Waals surface area (Å²) in [5.41, 5.74) is 0. The third kappa shape index (κ3) is 5.98. The van der Waals surface area contributed by atoms with Crippen LogP contribution in [0, 0.1) is 0 Å². The van der Waals surface area contributed by atoms with E-state index in [2.05, 4.69) is 34.2 Å². The number of ether oxygens (including phenoxy) is 1. The summed E-state index contributed by atoms with van der Waals surface area (Å²) < 4.78 is 10.5. The van der Waals surface area contributed by atoms with E-state index in [9.17, 15) is 0 Å². The minimum Gasteiger partial charge on any atom is -0.469 e. The number of guanidine groups is 1. The average Bonchev–Trinajstić information content (AvgIpc) is 3.27. The number of hydrogen-bond acceptors (Lipinski definition) is 5. The van der Waals surface area contributed by atoms with Crippen molar-refractivity contribution in [1.82, 2.24) is 15.2 Å². The second-order valence-electron chi connectivity index (χ2n) is 5.61. The van der Waals surface area contributed by atoms with Crippen LogP contribution in [0.25, 0.3) is 0 Å². The maximum atomic E-state index is 5.37. The van der Waals surface area contributed by atoms with Crippen molar-refractivity contribution < 1.29 is 9.15 Å². The molecule has 0 fully saturated rings. The van der Waals surface area contributed by atoms with E-state index in [0.717, 1.165) is 36.2 Å². The van der Waals surface area contributed by atoms with Crippen molar-refractivity contribution in [2.75, 3.05) is 40.4 Å². The van der Waals surface area contributed by atoms with Crippen LogP contribution < -0.4 is 5.32 Å². The Hall–Kier alpha value is -1.86. The highest BCUT2D eigenvalue weighted by Gasteiger charge is 2.14. The van der Waals surface area contributed by atoms with E-state index in [1.165, 1.54) is 0 Å². The van der Waals surface area contributed by atoms with Gasteiger partial charge in [0.05, 0.1) is 24.4 Å². The molecular weight excluding hydrogens is 324 g/mol. The lowest BCUT2D eigenvalue weighted by Crippen LogP contribution is -2.41. The van der Waals surface area contributed by atoms with Gasteiger partial charge in [-0.15, -0.1) is 11.3 Å². The Labute approximate surface area is 147 Å². The molecule has 0 aliphatic rings. The Bertz CT molecular complexity index is 584. The first-order valence-electron chi connectivity index (χ1n) is 8.11. The molecule has 24 heavy (non-hydrogen) atoms. The lowest BCUT2D eigenvalue weighted by Gasteiger charge is -2.25. The largest absolute Gasteiger partial charge is 0.469 e. The predicted octanol–water partition coefficient (Wildman–Crippen LogP) is 2.61. The smallest absolute Gasteiger partial charge is 0.193 e. The molecule has 0 aliphatic carbocycles. The molecule has 7 heteroatoms. The number of hydrogen-bond donors (Lipinski definition) is 1. The van der Waals surface area contributed by atoms with Gasteiger partial charge in [0, 0.05) is 51.2 Å². The quantitative estimate of drug-likeness (QED) is 0.428. The molecule has 1 N–H and O–H groups in total. The summed E-state index contributed by atoms with van der Waals surface area (Å²) in [5, 5.41) is 6.57. The fourth-order valence-electron chi connectivity index (χ4n) is 2.36. The Balaban J connectivity index is 1.89. The molecule has 2 aromatic rings. The molecule has 0 saturated carbocycles. The topological polar surface area (TPSA) is 62.9 Å². The Morgan fingerprint density at radius 1 is 1.54 bits per heavy atom. The maximum Gasteiger partial charge on any atom is 0.193 e. The van der Waals surface area contributed by atoms with Gasteiger partial charge in [0.25, 0.3) is 0 Å². The van der Waals surface area contributed by atoms with E-state index in [1.54, 1.807) is 24.7 Å². The highest BCUT2D eigenvalue weighted by molar-refractivity contribution is 7.09. The summed E-state index contributed by atoms with van der Waals surface area (Å²) in [6.07, 6.45) is 4.38. The van der Waals surface area contributed by atoms with Crippen LogP contribution in [-0.2, 0) is 11.2 Å². The minimum absolute atomic E-state index is 0.356. The number of likely N-dealkylation sites (N-methyl/N-ethyl adjacent to an activating group) is 1. The van der Waals surface area contributed by atoms with E-state index >= 15 is 0 Å². The van der Waals surface area contributed by atoms with E-state index < -0.39 is 0 Å². The zero-order valence-electron chi connectivity index (χ0n) is 14.6. The van der Waals surface area contributed by atoms with Crippen LogP contribution in [0.4, 0.5) is 0 Å². The average molecular weight is 350 g/mol. The molecule has 0 amide bonds. The molecule has 0 bridgehead atoms. The molecule has 1 unspecified atom stereocenters. The number of rotatable bonds is 9. The van der Waals surface area contributed by atoms with Gasteiger partial charge in [-0.25, -0.2) is 4.98 Å². The fourth-order valence-corrected chi connectivity index (χ4v) is 3.05. The van der Waals surface area contributed by atoms with Gasteiger partial charge in [-0.2, -0.15) is 0 Å². The second-order valence-corrected chi connectivity index (χ2v) is 6.53. The van der Waals surface area contributed by atoms with Gasteiger partial charge >= 0.3 is 0 Å². The van der Waals surface area contributed by atoms with Crippen LogP contribution in [0.1, 0.15) is 23.6 Å². The monoisotopic (exact) mass is 350 g/mol. The number of aromatic nitrogens is 1. The molecule has 6 nitrogen and oxygen atoms in total. The first-order chi connectivity index (χ1) is 11.7. The second kappa shape index (κ2) is 10.1. The zero-order chi connectivity index (χ0) is 17.2. The van der Waals surface area contributed by atoms with Crippen LogP contribution in [0.15, 0.2) is 39.4 Å². The first kappa shape index (κ1) is 18.5. The number of furan rings is 1. The van der Waals surface area contributed by atoms with Gasteiger partial charge in [-0.1, -0.05) is 6.92 Å². The number of aliphatic imine (C=N–C) groups is 1. The molecule has 2 aromatic heterocycles. The van der Waals surface area contributed by atoms with Crippen molar-refractivity contribution in [3.63, 3.8) is 0 Å². The first-order valence-corrected chi connectivity index (χ1v) is 8.98. The molecule has 0 radical (unpaired) electrons. The zero-order valence-corrected chi connectivity index (χ0v) is 15.4. The lowest BCUT2D eigenvalue weighted by atomic mass is 10.2. The van der Waals surface area contributed by atoms with E-state index in [-0.39, 0.29) is 0 Å². The molecule has 0 saturated heterocycles. The minimum atomic E-state index is 0.356. The van der Waals surface area contributed by atoms with Crippen LogP contribution in [0.3, 0.4) is 0 Å². The van der Waals surface area contributed by atoms with Crippen molar-refractivity contribution in [3.8, 4) is 0 Å². The van der Waals surface area contributed by atoms with Crippen molar-refractivity contribution in [1.29, 1.82) is 0 Å². The highest BCUT2D eigenvalue weighted by atomic mass is 32.1. The summed E-state index contributed by atoms with van der Waals surface area (Å²) in [5.74, 6) is 2.20. The SMILES string of the molecule is COCCN=C(NCCc1ccco1)N(C)CC(C)c1nccs1. The predicted molar refractivity (Wildman–Crippen MR) is 97.8 cm³/mol. The summed E-state index contributed by atoms with van der Waals surface area (Å²) in [6.45, 7) is 5.06. The molecular formula is C17H26N4O2S. The molecule has 0 aromatic carbocycles. The Kier molecular flexibility index (Phi) is 7.77. The fraction of sp³-hybridized carbons (Fsp3) is 0.529. The van der Waals surface area contributed by atoms with Gasteiger partial charge in [-0.05, 0) is 12.1 Å². The molecule has 2 heterocycles. The number of thiazole rings is 1. The number of nitrogens with one attached hydrogen (secondary N) is 1. The van der Waals surface area contributed by atoms with Gasteiger partial charge in [-0.3, -0.25) is 4.99 Å². The molecule has 0 aliphatic heterocycles. The van der Waals surface area contributed by atoms with Gasteiger partial charge in [0.2, 0.25) is 0 Å². The number of methoxy groups -OCH3 is 1. The molecule has 1 atom stereocenters. The summed E-state index contributed by atoms with van der Waals surface area (Å²) in [6, 6.07) is 3.89. The van der Waals surface area contributed by atoms with Gasteiger partial charge < -0.3 is 19.4 Å². The third-order valence-electron chi connectivity index (χ3n) is 3.57. The normalized spacial score (nSPS) is 13.0. The van der Waals surface area contributed by atoms with Crippen molar-refractivity contribution in [2.45, 2.75) is 19.3 Å². The summed E-state index contributed by atoms with van der Waals surface area (Å²) in [4.78, 5) is 11.2. The van der Waals surface area contributed by atoms with Crippen LogP contribution in [-0.4, -0.2) is 56.2 Å². The number of nitrogens with zero attached hydrogens (tertiary/aromatic N) is 3. The van der Waals surface area contributed by atoms with E-state index in [1.807, 2.05) is 23.7 Å². The van der Waals surface area contributed by atoms with E-state index in [4.69, 9.17) is 9.15 Å². The lowest BCUT2D eigenvalue weighted by molar-refractivity contribution is 0.207. The van der Waals surface area contributed by atoms with Gasteiger partial charge in [0.1, 0.15) is 5.76 Å². The van der Waals surface area contributed by atoms with Crippen LogP contribution in [0.5, 0.6) is 0 Å². The highest BCUT2D eigenvalue weighted by Crippen LogP contribution is 2.18. The molecule has 2 rings (SSSR count). The summed E-state index contributed by atoms with van der Waals surface area (Å²) in [7, 11) is 3.74. The maximum absolute atomic E-state index is 5.37. The Morgan fingerprint density at radius 2 is 2.42 bits per heavy atom. The van der Waals surface area contributed by atoms with Crippen molar-refractivity contribution in [3.05, 3.63) is 40.7 Å². The van der Waals surface area contributed by atoms with Crippen LogP contribution >= 0.6 is 11.3 Å². The van der Waals surface area contributed by atoms with Crippen molar-refractivity contribution >= 4 is 17.3 Å². The standard InChI is InChI=1S/C17H26N4O2S/c1-14(16-18-9-12-24-16)13-21(2)17(20-8-11-22-3)19-7-6-15-5-4-10-23-15/h4-5,9-10,12,14H,6-8,11,13H2,1-3H3,(H,19,20). The molecule has 0 spiro atoms. The third-order valence-corrected chi connectivity index (χ3v) is 4.58. The Morgan fingerprint density at radius 3 is 3.08 bits per heavy atom. The van der Waals surface area contributed by atoms with E-state index in [0.29, 0.717) is 19.1 Å². The molecule has 132 valence electrons. The van der Waals surface area contributed by atoms with Gasteiger partial charge in [0.15, 0.2) is 5.96 Å².